The molecule has 1 heteroatoms. The first kappa shape index (κ1) is 9.26. The first-order valence-electron chi connectivity index (χ1n) is 6.07. The molecule has 1 saturated carbocycles. The number of benzene rings is 1. The molecule has 1 unspecified atom stereocenters. The molecule has 80 valence electrons. The highest BCUT2D eigenvalue weighted by Crippen LogP contribution is 2.51. The Morgan fingerprint density at radius 1 is 1.20 bits per heavy atom. The standard InChI is InChI=1S/C14H18O/c1-9-2-3-10-8-11(15)4-5-13(10)14-7-6-12(9)14/h4-5,8-9,12,14-15H,2-3,6-7H2,1H3/t9-,12+,14?/m0/s1. The lowest BCUT2D eigenvalue weighted by atomic mass is 9.65. The molecule has 1 nitrogen and oxygen atoms in total. The monoisotopic (exact) mass is 202 g/mol. The van der Waals surface area contributed by atoms with Gasteiger partial charge in [-0.05, 0) is 66.7 Å². The molecule has 0 saturated heterocycles. The molecule has 0 bridgehead atoms. The molecule has 3 rings (SSSR count). The van der Waals surface area contributed by atoms with Gasteiger partial charge in [0.15, 0.2) is 0 Å². The normalized spacial score (nSPS) is 33.5. The van der Waals surface area contributed by atoms with Gasteiger partial charge in [0.1, 0.15) is 5.75 Å². The van der Waals surface area contributed by atoms with Gasteiger partial charge in [-0.15, -0.1) is 0 Å². The third-order valence-electron chi connectivity index (χ3n) is 4.45. The summed E-state index contributed by atoms with van der Waals surface area (Å²) in [7, 11) is 0. The van der Waals surface area contributed by atoms with E-state index in [1.54, 1.807) is 0 Å². The lowest BCUT2D eigenvalue weighted by Crippen LogP contribution is -2.28. The quantitative estimate of drug-likeness (QED) is 0.683. The zero-order chi connectivity index (χ0) is 10.4. The van der Waals surface area contributed by atoms with Crippen molar-refractivity contribution >= 4 is 0 Å². The third-order valence-corrected chi connectivity index (χ3v) is 4.45. The van der Waals surface area contributed by atoms with Gasteiger partial charge in [0.2, 0.25) is 0 Å². The predicted molar refractivity (Wildman–Crippen MR) is 61.1 cm³/mol. The number of rotatable bonds is 0. The van der Waals surface area contributed by atoms with Crippen LogP contribution in [0.4, 0.5) is 0 Å². The summed E-state index contributed by atoms with van der Waals surface area (Å²) in [6.07, 6.45) is 5.20. The molecule has 0 amide bonds. The summed E-state index contributed by atoms with van der Waals surface area (Å²) in [5, 5.41) is 9.52. The second-order valence-electron chi connectivity index (χ2n) is 5.25. The SMILES string of the molecule is C[C@H]1CCc2cc(O)ccc2C2CC[C@@H]21. The number of fused-ring (bicyclic) bond motifs is 3. The maximum Gasteiger partial charge on any atom is 0.115 e. The van der Waals surface area contributed by atoms with Gasteiger partial charge in [-0.2, -0.15) is 0 Å². The smallest absolute Gasteiger partial charge is 0.115 e. The Kier molecular flexibility index (Phi) is 2.01. The fraction of sp³-hybridized carbons (Fsp3) is 0.571. The van der Waals surface area contributed by atoms with E-state index in [4.69, 9.17) is 0 Å². The Morgan fingerprint density at radius 2 is 2.07 bits per heavy atom. The zero-order valence-corrected chi connectivity index (χ0v) is 9.24. The van der Waals surface area contributed by atoms with E-state index < -0.39 is 0 Å². The average Bonchev–Trinajstić information content (AvgIpc) is 2.23. The largest absolute Gasteiger partial charge is 0.508 e. The molecule has 1 fully saturated rings. The van der Waals surface area contributed by atoms with Crippen molar-refractivity contribution in [2.24, 2.45) is 11.8 Å². The number of hydrogen-bond acceptors (Lipinski definition) is 1. The van der Waals surface area contributed by atoms with Gasteiger partial charge < -0.3 is 5.11 Å². The van der Waals surface area contributed by atoms with E-state index in [0.717, 1.165) is 24.2 Å². The first-order chi connectivity index (χ1) is 7.25. The number of phenolic OH excluding ortho intramolecular Hbond substituents is 1. The van der Waals surface area contributed by atoms with E-state index in [1.165, 1.54) is 30.4 Å². The van der Waals surface area contributed by atoms with Crippen molar-refractivity contribution in [2.45, 2.75) is 38.5 Å². The molecule has 0 radical (unpaired) electrons. The Labute approximate surface area is 91.1 Å². The summed E-state index contributed by atoms with van der Waals surface area (Å²) in [5.74, 6) is 2.99. The van der Waals surface area contributed by atoms with Crippen LogP contribution in [-0.4, -0.2) is 5.11 Å². The lowest BCUT2D eigenvalue weighted by Gasteiger charge is -2.40. The van der Waals surface area contributed by atoms with Crippen molar-refractivity contribution in [2.75, 3.05) is 0 Å². The third kappa shape index (κ3) is 1.37. The lowest BCUT2D eigenvalue weighted by molar-refractivity contribution is 0.176. The van der Waals surface area contributed by atoms with Crippen molar-refractivity contribution in [3.63, 3.8) is 0 Å². The van der Waals surface area contributed by atoms with Crippen LogP contribution in [0.25, 0.3) is 0 Å². The summed E-state index contributed by atoms with van der Waals surface area (Å²) in [6, 6.07) is 5.98. The summed E-state index contributed by atoms with van der Waals surface area (Å²) in [4.78, 5) is 0. The summed E-state index contributed by atoms with van der Waals surface area (Å²) in [6.45, 7) is 2.39. The fourth-order valence-electron chi connectivity index (χ4n) is 3.36. The van der Waals surface area contributed by atoms with Crippen molar-refractivity contribution < 1.29 is 5.11 Å². The van der Waals surface area contributed by atoms with Crippen LogP contribution in [0, 0.1) is 11.8 Å². The van der Waals surface area contributed by atoms with Gasteiger partial charge in [-0.3, -0.25) is 0 Å². The minimum Gasteiger partial charge on any atom is -0.508 e. The maximum atomic E-state index is 9.52. The Morgan fingerprint density at radius 3 is 2.80 bits per heavy atom. The second-order valence-corrected chi connectivity index (χ2v) is 5.25. The van der Waals surface area contributed by atoms with E-state index in [0.29, 0.717) is 5.75 Å². The average molecular weight is 202 g/mol. The molecule has 2 aliphatic carbocycles. The van der Waals surface area contributed by atoms with Crippen molar-refractivity contribution in [1.29, 1.82) is 0 Å². The van der Waals surface area contributed by atoms with Gasteiger partial charge in [0.25, 0.3) is 0 Å². The summed E-state index contributed by atoms with van der Waals surface area (Å²) < 4.78 is 0. The van der Waals surface area contributed by atoms with E-state index in [-0.39, 0.29) is 0 Å². The van der Waals surface area contributed by atoms with Crippen LogP contribution >= 0.6 is 0 Å². The highest BCUT2D eigenvalue weighted by molar-refractivity contribution is 5.39. The summed E-state index contributed by atoms with van der Waals surface area (Å²) in [5.41, 5.74) is 2.92. The highest BCUT2D eigenvalue weighted by atomic mass is 16.3. The highest BCUT2D eigenvalue weighted by Gasteiger charge is 2.38. The van der Waals surface area contributed by atoms with E-state index in [1.807, 2.05) is 12.1 Å². The molecule has 0 aliphatic heterocycles. The molecular formula is C14H18O. The van der Waals surface area contributed by atoms with Crippen molar-refractivity contribution in [1.82, 2.24) is 0 Å². The fourth-order valence-corrected chi connectivity index (χ4v) is 3.36. The number of hydrogen-bond donors (Lipinski definition) is 1. The molecule has 1 aromatic rings. The van der Waals surface area contributed by atoms with Crippen LogP contribution in [0.1, 0.15) is 43.2 Å². The molecule has 3 atom stereocenters. The van der Waals surface area contributed by atoms with Crippen LogP contribution in [0.2, 0.25) is 0 Å². The zero-order valence-electron chi connectivity index (χ0n) is 9.24. The molecule has 0 spiro atoms. The number of aryl methyl sites for hydroxylation is 1. The van der Waals surface area contributed by atoms with Crippen LogP contribution in [0.15, 0.2) is 18.2 Å². The molecule has 0 heterocycles. The van der Waals surface area contributed by atoms with Gasteiger partial charge in [0.05, 0.1) is 0 Å². The van der Waals surface area contributed by atoms with Crippen LogP contribution in [-0.2, 0) is 6.42 Å². The summed E-state index contributed by atoms with van der Waals surface area (Å²) >= 11 is 0. The van der Waals surface area contributed by atoms with Gasteiger partial charge in [0, 0.05) is 0 Å². The Bertz CT molecular complexity index is 383. The molecule has 1 aromatic carbocycles. The van der Waals surface area contributed by atoms with Crippen LogP contribution < -0.4 is 0 Å². The van der Waals surface area contributed by atoms with Crippen molar-refractivity contribution in [3.05, 3.63) is 29.3 Å². The second kappa shape index (κ2) is 3.26. The van der Waals surface area contributed by atoms with E-state index >= 15 is 0 Å². The first-order valence-corrected chi connectivity index (χ1v) is 6.07. The van der Waals surface area contributed by atoms with Gasteiger partial charge in [-0.25, -0.2) is 0 Å². The van der Waals surface area contributed by atoms with Gasteiger partial charge >= 0.3 is 0 Å². The number of phenols is 1. The molecule has 1 N–H and O–H groups in total. The van der Waals surface area contributed by atoms with Crippen molar-refractivity contribution in [3.8, 4) is 5.75 Å². The molecule has 0 aromatic heterocycles. The Hall–Kier alpha value is -0.980. The van der Waals surface area contributed by atoms with Crippen LogP contribution in [0.3, 0.4) is 0 Å². The predicted octanol–water partition coefficient (Wildman–Crippen LogP) is 3.47. The maximum absolute atomic E-state index is 9.52. The topological polar surface area (TPSA) is 20.2 Å². The minimum atomic E-state index is 0.430. The van der Waals surface area contributed by atoms with E-state index in [9.17, 15) is 5.11 Å². The van der Waals surface area contributed by atoms with Gasteiger partial charge in [-0.1, -0.05) is 13.0 Å². The molecular weight excluding hydrogens is 184 g/mol. The minimum absolute atomic E-state index is 0.430. The van der Waals surface area contributed by atoms with Crippen LogP contribution in [0.5, 0.6) is 5.75 Å². The van der Waals surface area contributed by atoms with E-state index in [2.05, 4.69) is 13.0 Å². The molecule has 2 aliphatic rings. The molecule has 15 heavy (non-hydrogen) atoms. The Balaban J connectivity index is 2.03. The number of aromatic hydroxyl groups is 1.